The highest BCUT2D eigenvalue weighted by atomic mass is 35.5. The van der Waals surface area contributed by atoms with Crippen LogP contribution in [0.5, 0.6) is 5.75 Å². The Kier molecular flexibility index (Phi) is 33.7. The third-order valence-electron chi connectivity index (χ3n) is 23.1. The van der Waals surface area contributed by atoms with Crippen molar-refractivity contribution >= 4 is 156 Å². The zero-order chi connectivity index (χ0) is 105. The number of esters is 6. The van der Waals surface area contributed by atoms with E-state index >= 15 is 0 Å². The first-order chi connectivity index (χ1) is 69.4. The van der Waals surface area contributed by atoms with Crippen molar-refractivity contribution in [1.29, 1.82) is 5.26 Å². The second-order valence-corrected chi connectivity index (χ2v) is 33.2. The zero-order valence-electron chi connectivity index (χ0n) is 77.1. The molecular formula is C106H80Cl4F8N8O19. The molecule has 6 aliphatic carbocycles. The maximum absolute atomic E-state index is 14.5. The van der Waals surface area contributed by atoms with Gasteiger partial charge in [0, 0.05) is 143 Å². The van der Waals surface area contributed by atoms with Crippen LogP contribution in [0.25, 0.3) is 38.3 Å². The van der Waals surface area contributed by atoms with E-state index in [1.165, 1.54) is 36.4 Å². The van der Waals surface area contributed by atoms with E-state index < -0.39 is 105 Å². The lowest BCUT2D eigenvalue weighted by molar-refractivity contribution is -0.274. The summed E-state index contributed by atoms with van der Waals surface area (Å²) < 4.78 is 141. The summed E-state index contributed by atoms with van der Waals surface area (Å²) in [6.45, 7) is 17.6. The van der Waals surface area contributed by atoms with Crippen molar-refractivity contribution < 1.29 is 126 Å². The number of nitrogens with one attached hydrogen (secondary N) is 6. The van der Waals surface area contributed by atoms with Crippen LogP contribution in [0.2, 0.25) is 20.1 Å². The Labute approximate surface area is 839 Å². The van der Waals surface area contributed by atoms with Crippen molar-refractivity contribution in [2.75, 3.05) is 39.6 Å². The van der Waals surface area contributed by atoms with Gasteiger partial charge in [-0.2, -0.15) is 18.4 Å². The van der Waals surface area contributed by atoms with Gasteiger partial charge in [-0.15, -0.1) is 13.2 Å². The average Bonchev–Trinajstić information content (AvgIpc) is 1.62. The SMILES string of the molecule is CCOC(=O)C1=C(c2ccc[nH]2)Cc2c(ccc(Cl)c2C#N)C1=O.CCOC(=O)C1=C(c2ccc[nH]2)Cc2c(ccc(Cl)c2C(F)(F)F)C1=O.CCOC(=O)C1=C(c2ccc[nH]2)Cc2c(ccc(Cl)c2OC(F)(F)F)C1=O.CCOC(=O)C1=C(c2ccc[nH]2)Cc2cccc(Cl)c2C1=O.CCOC(=O)C1=C(c2ccc[nH]2)Cc2cccc(F)c2C1=O.[C-]#[N+]c1ccc2c(c1F)CC(c1ccc[nH]1)=C(C(=O)OCC)C2=O. The van der Waals surface area contributed by atoms with Crippen molar-refractivity contribution in [3.63, 3.8) is 0 Å². The number of allylic oxidation sites excluding steroid dienone is 6. The zero-order valence-corrected chi connectivity index (χ0v) is 80.2. The fourth-order valence-corrected chi connectivity index (χ4v) is 17.9. The molecule has 18 rings (SSSR count). The molecule has 0 atom stereocenters. The number of ketones is 6. The summed E-state index contributed by atoms with van der Waals surface area (Å²) in [4.78, 5) is 171. The molecule has 0 aliphatic heterocycles. The molecule has 0 fully saturated rings. The quantitative estimate of drug-likeness (QED) is 0.0144. The van der Waals surface area contributed by atoms with Gasteiger partial charge in [0.2, 0.25) is 40.4 Å². The van der Waals surface area contributed by atoms with Crippen LogP contribution in [-0.4, -0.2) is 146 Å². The number of aromatic nitrogens is 6. The van der Waals surface area contributed by atoms with E-state index in [2.05, 4.69) is 39.5 Å². The maximum Gasteiger partial charge on any atom is 0.573 e. The molecule has 39 heteroatoms. The summed E-state index contributed by atoms with van der Waals surface area (Å²) in [5.41, 5.74) is 6.47. The number of hydrogen-bond donors (Lipinski definition) is 6. The number of H-pyrrole nitrogens is 6. The predicted molar refractivity (Wildman–Crippen MR) is 516 cm³/mol. The van der Waals surface area contributed by atoms with Crippen LogP contribution < -0.4 is 4.74 Å². The molecule has 6 N–H and O–H groups in total. The van der Waals surface area contributed by atoms with Crippen molar-refractivity contribution in [1.82, 2.24) is 29.9 Å². The molecule has 12 aromatic rings. The van der Waals surface area contributed by atoms with Crippen LogP contribution in [0.3, 0.4) is 0 Å². The van der Waals surface area contributed by atoms with Gasteiger partial charge in [-0.25, -0.2) is 42.4 Å². The van der Waals surface area contributed by atoms with Crippen LogP contribution in [0.1, 0.15) is 182 Å². The predicted octanol–water partition coefficient (Wildman–Crippen LogP) is 21.9. The number of ether oxygens (including phenoxy) is 7. The minimum absolute atomic E-state index is 0.00184. The molecular weight excluding hydrogens is 1980 g/mol. The summed E-state index contributed by atoms with van der Waals surface area (Å²) >= 11 is 23.9. The van der Waals surface area contributed by atoms with E-state index in [4.69, 9.17) is 81.4 Å². The molecule has 27 nitrogen and oxygen atoms in total. The Morgan fingerprint density at radius 1 is 0.359 bits per heavy atom. The highest BCUT2D eigenvalue weighted by Gasteiger charge is 2.46. The number of Topliss-reactive ketones (excluding diaryl/α,β-unsaturated/α-hetero) is 6. The first kappa shape index (κ1) is 106. The highest BCUT2D eigenvalue weighted by molar-refractivity contribution is 6.40. The van der Waals surface area contributed by atoms with Gasteiger partial charge < -0.3 is 63.1 Å². The Morgan fingerprint density at radius 3 is 1.01 bits per heavy atom. The number of carbonyl (C=O) groups is 12. The lowest BCUT2D eigenvalue weighted by atomic mass is 9.81. The minimum Gasteiger partial charge on any atom is -0.462 e. The highest BCUT2D eigenvalue weighted by Crippen LogP contribution is 2.48. The van der Waals surface area contributed by atoms with E-state index in [0.29, 0.717) is 90.9 Å². The number of halogens is 12. The van der Waals surface area contributed by atoms with Crippen molar-refractivity contribution in [3.8, 4) is 11.8 Å². The number of nitriles is 1. The van der Waals surface area contributed by atoms with Gasteiger partial charge in [-0.3, -0.25) is 28.8 Å². The number of nitrogens with zero attached hydrogens (tertiary/aromatic N) is 2. The number of carbonyl (C=O) groups excluding carboxylic acids is 12. The van der Waals surface area contributed by atoms with Crippen LogP contribution in [-0.2, 0) is 102 Å². The van der Waals surface area contributed by atoms with Crippen LogP contribution in [0.4, 0.5) is 40.8 Å². The monoisotopic (exact) mass is 2060 g/mol. The summed E-state index contributed by atoms with van der Waals surface area (Å²) in [5, 5.41) is 9.24. The fourth-order valence-electron chi connectivity index (χ4n) is 16.9. The number of fused-ring (bicyclic) bond motifs is 6. The Bertz CT molecular complexity index is 7350. The molecule has 6 aromatic heterocycles. The van der Waals surface area contributed by atoms with Gasteiger partial charge in [-0.05, 0) is 224 Å². The standard InChI is InChI=1S/C18H13ClF3NO4.C18H13ClF3NO3.C18H13ClN2O3.C18H13FN2O3.C17H14ClNO3.C17H14FNO3/c1-2-26-17(25)14-11(13-4-3-7-23-13)8-10-9(15(14)24)5-6-12(19)16(10)27-18(20,21)22;1-2-26-17(25)14-11(13-4-3-7-23-13)8-10-9(16(14)24)5-6-12(19)15(10)18(20,21)22;1-2-24-18(23)16-12(15-4-3-7-21-15)8-11-10(17(16)22)5-6-14(19)13(11)9-20;1-3-24-18(23)15-12(13-5-4-8-21-13)9-11-10(17(15)22)6-7-14(20-2)16(11)19;2*1-2-22-17(21)15-11(13-7-4-8-19-13)9-10-5-3-6-12(18)14(10)16(15)20/h3-7,23H,2,8H2,1H3;3-7,23H,2,8H2,1H3;3-7,21H,2,8H2,1H3;4-8,21H,3,9H2,1H3;2*3-8,19H,2,9H2,1H3. The van der Waals surface area contributed by atoms with E-state index in [-0.39, 0.29) is 176 Å². The first-order valence-electron chi connectivity index (χ1n) is 44.3. The molecule has 0 saturated heterocycles. The summed E-state index contributed by atoms with van der Waals surface area (Å²) in [5.74, 6) is -10.0. The summed E-state index contributed by atoms with van der Waals surface area (Å²) in [6.07, 6.45) is 0.806. The topological polar surface area (TPSA) is 392 Å². The smallest absolute Gasteiger partial charge is 0.462 e. The molecule has 145 heavy (non-hydrogen) atoms. The van der Waals surface area contributed by atoms with Gasteiger partial charge in [-0.1, -0.05) is 82.8 Å². The van der Waals surface area contributed by atoms with Gasteiger partial charge in [0.1, 0.15) is 51.1 Å². The fraction of sp³-hybridized carbons (Fsp3) is 0.189. The second-order valence-electron chi connectivity index (χ2n) is 31.5. The molecule has 0 radical (unpaired) electrons. The third kappa shape index (κ3) is 22.6. The van der Waals surface area contributed by atoms with Crippen molar-refractivity contribution in [2.24, 2.45) is 0 Å². The number of aromatic amines is 6. The lowest BCUT2D eigenvalue weighted by Gasteiger charge is -2.24. The second kappa shape index (κ2) is 46.1. The Balaban J connectivity index is 0.000000146. The van der Waals surface area contributed by atoms with E-state index in [0.717, 1.165) is 23.4 Å². The largest absolute Gasteiger partial charge is 0.573 e. The van der Waals surface area contributed by atoms with E-state index in [1.807, 2.05) is 24.3 Å². The summed E-state index contributed by atoms with van der Waals surface area (Å²) in [7, 11) is 0. The molecule has 6 aromatic carbocycles. The molecule has 0 spiro atoms. The molecule has 742 valence electrons. The summed E-state index contributed by atoms with van der Waals surface area (Å²) in [6, 6.07) is 42.7. The number of benzene rings is 6. The number of alkyl halides is 6. The molecule has 6 heterocycles. The Hall–Kier alpha value is -16.3. The van der Waals surface area contributed by atoms with Gasteiger partial charge in [0.05, 0.1) is 83.0 Å². The molecule has 0 saturated carbocycles. The Morgan fingerprint density at radius 2 is 0.662 bits per heavy atom. The molecule has 0 bridgehead atoms. The van der Waals surface area contributed by atoms with Crippen LogP contribution in [0.15, 0.2) is 228 Å². The van der Waals surface area contributed by atoms with E-state index in [1.54, 1.807) is 170 Å². The maximum atomic E-state index is 14.5. The van der Waals surface area contributed by atoms with Crippen molar-refractivity contribution in [2.45, 2.75) is 92.6 Å². The average molecular weight is 2060 g/mol. The van der Waals surface area contributed by atoms with Gasteiger partial charge in [0.15, 0.2) is 5.75 Å². The normalized spacial score (nSPS) is 13.9. The lowest BCUT2D eigenvalue weighted by Crippen LogP contribution is -2.26. The van der Waals surface area contributed by atoms with Crippen molar-refractivity contribution in [3.05, 3.63) is 384 Å². The minimum atomic E-state index is -4.99. The van der Waals surface area contributed by atoms with E-state index in [9.17, 15) is 97.9 Å². The first-order valence-corrected chi connectivity index (χ1v) is 45.8. The number of rotatable bonds is 19. The third-order valence-corrected chi connectivity index (χ3v) is 24.3. The van der Waals surface area contributed by atoms with Gasteiger partial charge >= 0.3 is 48.4 Å². The number of hydrogen-bond acceptors (Lipinski definition) is 20. The molecule has 0 amide bonds. The van der Waals surface area contributed by atoms with Gasteiger partial charge in [0.25, 0.3) is 0 Å². The van der Waals surface area contributed by atoms with Crippen LogP contribution in [0, 0.1) is 29.5 Å². The molecule has 6 aliphatic rings. The van der Waals surface area contributed by atoms with Crippen LogP contribution >= 0.6 is 46.4 Å². The molecule has 0 unspecified atom stereocenters.